The van der Waals surface area contributed by atoms with Crippen LogP contribution in [-0.2, 0) is 0 Å². The van der Waals surface area contributed by atoms with Crippen LogP contribution in [0.3, 0.4) is 0 Å². The molecular formula is C27H31N5O3. The monoisotopic (exact) mass is 473 g/mol. The molecule has 0 atom stereocenters. The van der Waals surface area contributed by atoms with Gasteiger partial charge in [-0.1, -0.05) is 26.0 Å². The Balaban J connectivity index is 1.50. The van der Waals surface area contributed by atoms with Crippen molar-refractivity contribution in [2.75, 3.05) is 44.0 Å². The number of para-hydroxylation sites is 2. The zero-order chi connectivity index (χ0) is 24.5. The number of rotatable bonds is 12. The van der Waals surface area contributed by atoms with E-state index in [9.17, 15) is 0 Å². The lowest BCUT2D eigenvalue weighted by atomic mass is 10.1. The van der Waals surface area contributed by atoms with Crippen LogP contribution < -0.4 is 20.1 Å². The van der Waals surface area contributed by atoms with Crippen LogP contribution in [0.1, 0.15) is 13.8 Å². The number of nitrogens with one attached hydrogen (secondary N) is 2. The second-order valence-corrected chi connectivity index (χ2v) is 7.82. The standard InChI is InChI=1S/C27H31N5O3/c1-4-32(5-2)15-17-35-22-12-10-21(11-13-22)29-27-28-18-23(20-14-16-34-19-20)26(31-27)30-24-8-6-7-9-25(24)33-3/h6-14,16,18-19H,4-5,15,17H2,1-3H3,(H2,28,29,30,31). The van der Waals surface area contributed by atoms with Gasteiger partial charge in [0.05, 0.1) is 25.3 Å². The molecule has 2 aromatic carbocycles. The van der Waals surface area contributed by atoms with E-state index in [1.165, 1.54) is 0 Å². The molecule has 0 bridgehead atoms. The molecule has 4 aromatic rings. The maximum absolute atomic E-state index is 5.88. The quantitative estimate of drug-likeness (QED) is 0.261. The summed E-state index contributed by atoms with van der Waals surface area (Å²) in [6.45, 7) is 7.93. The number of aromatic nitrogens is 2. The minimum atomic E-state index is 0.463. The van der Waals surface area contributed by atoms with E-state index < -0.39 is 0 Å². The Kier molecular flexibility index (Phi) is 8.19. The highest BCUT2D eigenvalue weighted by Crippen LogP contribution is 2.33. The molecule has 0 aliphatic rings. The van der Waals surface area contributed by atoms with E-state index in [4.69, 9.17) is 18.9 Å². The fraction of sp³-hybridized carbons (Fsp3) is 0.259. The van der Waals surface area contributed by atoms with Crippen molar-refractivity contribution < 1.29 is 13.9 Å². The zero-order valence-electron chi connectivity index (χ0n) is 20.3. The second kappa shape index (κ2) is 11.9. The number of likely N-dealkylation sites (N-methyl/N-ethyl adjacent to an activating group) is 1. The first-order valence-corrected chi connectivity index (χ1v) is 11.7. The fourth-order valence-corrected chi connectivity index (χ4v) is 3.64. The van der Waals surface area contributed by atoms with Crippen LogP contribution in [0.2, 0.25) is 0 Å². The van der Waals surface area contributed by atoms with Crippen LogP contribution in [0.15, 0.2) is 77.7 Å². The average Bonchev–Trinajstić information content (AvgIpc) is 3.43. The first-order valence-electron chi connectivity index (χ1n) is 11.7. The van der Waals surface area contributed by atoms with Crippen molar-refractivity contribution in [1.82, 2.24) is 14.9 Å². The molecule has 0 saturated carbocycles. The van der Waals surface area contributed by atoms with Gasteiger partial charge in [0.25, 0.3) is 0 Å². The zero-order valence-corrected chi connectivity index (χ0v) is 20.3. The summed E-state index contributed by atoms with van der Waals surface area (Å²) in [4.78, 5) is 11.6. The number of ether oxygens (including phenoxy) is 2. The van der Waals surface area contributed by atoms with Gasteiger partial charge in [0.2, 0.25) is 5.95 Å². The van der Waals surface area contributed by atoms with Gasteiger partial charge < -0.3 is 29.4 Å². The summed E-state index contributed by atoms with van der Waals surface area (Å²) in [5.41, 5.74) is 3.35. The van der Waals surface area contributed by atoms with Gasteiger partial charge >= 0.3 is 0 Å². The third-order valence-corrected chi connectivity index (χ3v) is 5.66. The number of furan rings is 1. The molecule has 0 aliphatic carbocycles. The van der Waals surface area contributed by atoms with E-state index in [-0.39, 0.29) is 0 Å². The summed E-state index contributed by atoms with van der Waals surface area (Å²) in [6, 6.07) is 17.4. The molecule has 35 heavy (non-hydrogen) atoms. The molecule has 0 saturated heterocycles. The lowest BCUT2D eigenvalue weighted by Crippen LogP contribution is -2.27. The molecule has 0 aliphatic heterocycles. The summed E-state index contributed by atoms with van der Waals surface area (Å²) in [7, 11) is 1.64. The molecule has 0 unspecified atom stereocenters. The maximum atomic E-state index is 5.88. The van der Waals surface area contributed by atoms with Gasteiger partial charge in [-0.2, -0.15) is 4.98 Å². The number of nitrogens with zero attached hydrogens (tertiary/aromatic N) is 3. The molecule has 2 N–H and O–H groups in total. The van der Waals surface area contributed by atoms with Gasteiger partial charge in [0.15, 0.2) is 0 Å². The highest BCUT2D eigenvalue weighted by atomic mass is 16.5. The van der Waals surface area contributed by atoms with E-state index in [1.54, 1.807) is 25.8 Å². The number of hydrogen-bond donors (Lipinski definition) is 2. The molecule has 182 valence electrons. The van der Waals surface area contributed by atoms with E-state index in [0.717, 1.165) is 53.6 Å². The van der Waals surface area contributed by atoms with Gasteiger partial charge in [-0.3, -0.25) is 0 Å². The molecule has 0 spiro atoms. The Labute approximate surface area is 205 Å². The summed E-state index contributed by atoms with van der Waals surface area (Å²) in [5.74, 6) is 2.64. The predicted molar refractivity (Wildman–Crippen MR) is 139 cm³/mol. The average molecular weight is 474 g/mol. The summed E-state index contributed by atoms with van der Waals surface area (Å²) in [5, 5.41) is 6.65. The third-order valence-electron chi connectivity index (χ3n) is 5.66. The van der Waals surface area contributed by atoms with Crippen LogP contribution in [0.4, 0.5) is 23.1 Å². The predicted octanol–water partition coefficient (Wildman–Crippen LogP) is 5.95. The largest absolute Gasteiger partial charge is 0.495 e. The first-order chi connectivity index (χ1) is 17.2. The van der Waals surface area contributed by atoms with Gasteiger partial charge in [-0.05, 0) is 55.6 Å². The van der Waals surface area contributed by atoms with Crippen LogP contribution in [0, 0.1) is 0 Å². The van der Waals surface area contributed by atoms with Gasteiger partial charge in [0.1, 0.15) is 23.9 Å². The topological polar surface area (TPSA) is 84.7 Å². The summed E-state index contributed by atoms with van der Waals surface area (Å²) < 4.78 is 16.6. The number of hydrogen-bond acceptors (Lipinski definition) is 8. The Morgan fingerprint density at radius 2 is 1.77 bits per heavy atom. The lowest BCUT2D eigenvalue weighted by molar-refractivity contribution is 0.223. The Morgan fingerprint density at radius 3 is 2.49 bits per heavy atom. The van der Waals surface area contributed by atoms with Crippen LogP contribution in [-0.4, -0.2) is 48.2 Å². The Hall–Kier alpha value is -4.04. The van der Waals surface area contributed by atoms with Crippen LogP contribution in [0.5, 0.6) is 11.5 Å². The second-order valence-electron chi connectivity index (χ2n) is 7.82. The normalized spacial score (nSPS) is 10.9. The van der Waals surface area contributed by atoms with Crippen molar-refractivity contribution in [3.8, 4) is 22.6 Å². The molecule has 8 nitrogen and oxygen atoms in total. The van der Waals surface area contributed by atoms with Gasteiger partial charge in [0, 0.05) is 29.6 Å². The highest BCUT2D eigenvalue weighted by Gasteiger charge is 2.13. The summed E-state index contributed by atoms with van der Waals surface area (Å²) >= 11 is 0. The molecule has 8 heteroatoms. The first kappa shape index (κ1) is 24.1. The van der Waals surface area contributed by atoms with Crippen LogP contribution >= 0.6 is 0 Å². The SMILES string of the molecule is CCN(CC)CCOc1ccc(Nc2ncc(-c3ccoc3)c(Nc3ccccc3OC)n2)cc1. The van der Waals surface area contributed by atoms with Crippen molar-refractivity contribution in [1.29, 1.82) is 0 Å². The molecule has 2 heterocycles. The summed E-state index contributed by atoms with van der Waals surface area (Å²) in [6.07, 6.45) is 5.06. The Morgan fingerprint density at radius 1 is 0.971 bits per heavy atom. The number of benzene rings is 2. The van der Waals surface area contributed by atoms with Crippen molar-refractivity contribution >= 4 is 23.1 Å². The van der Waals surface area contributed by atoms with E-state index in [1.807, 2.05) is 54.6 Å². The molecule has 0 radical (unpaired) electrons. The fourth-order valence-electron chi connectivity index (χ4n) is 3.64. The lowest BCUT2D eigenvalue weighted by Gasteiger charge is -2.18. The Bertz CT molecular complexity index is 1190. The molecule has 0 amide bonds. The van der Waals surface area contributed by atoms with E-state index in [2.05, 4.69) is 34.4 Å². The molecule has 0 fully saturated rings. The van der Waals surface area contributed by atoms with E-state index in [0.29, 0.717) is 18.4 Å². The smallest absolute Gasteiger partial charge is 0.229 e. The van der Waals surface area contributed by atoms with Crippen molar-refractivity contribution in [3.05, 3.63) is 73.3 Å². The molecule has 2 aromatic heterocycles. The van der Waals surface area contributed by atoms with Crippen molar-refractivity contribution in [3.63, 3.8) is 0 Å². The van der Waals surface area contributed by atoms with Crippen molar-refractivity contribution in [2.45, 2.75) is 13.8 Å². The maximum Gasteiger partial charge on any atom is 0.229 e. The molecular weight excluding hydrogens is 442 g/mol. The number of methoxy groups -OCH3 is 1. The molecule has 4 rings (SSSR count). The highest BCUT2D eigenvalue weighted by molar-refractivity contribution is 5.79. The van der Waals surface area contributed by atoms with Crippen molar-refractivity contribution in [2.24, 2.45) is 0 Å². The van der Waals surface area contributed by atoms with Gasteiger partial charge in [-0.25, -0.2) is 4.98 Å². The minimum absolute atomic E-state index is 0.463. The van der Waals surface area contributed by atoms with Crippen LogP contribution in [0.25, 0.3) is 11.1 Å². The minimum Gasteiger partial charge on any atom is -0.495 e. The van der Waals surface area contributed by atoms with E-state index >= 15 is 0 Å². The van der Waals surface area contributed by atoms with Gasteiger partial charge in [-0.15, -0.1) is 0 Å². The number of anilines is 4. The third kappa shape index (κ3) is 6.30.